The predicted octanol–water partition coefficient (Wildman–Crippen LogP) is 2.14. The number of piperidine rings is 1. The Morgan fingerprint density at radius 2 is 1.88 bits per heavy atom. The Morgan fingerprint density at radius 3 is 2.62 bits per heavy atom. The van der Waals surface area contributed by atoms with Crippen LogP contribution in [0.2, 0.25) is 0 Å². The summed E-state index contributed by atoms with van der Waals surface area (Å²) in [4.78, 5) is 27.0. The molecule has 7 heteroatoms. The first-order chi connectivity index (χ1) is 12.7. The monoisotopic (exact) mass is 353 g/mol. The van der Waals surface area contributed by atoms with Crippen molar-refractivity contribution in [3.63, 3.8) is 0 Å². The highest BCUT2D eigenvalue weighted by Crippen LogP contribution is 2.36. The second-order valence-corrected chi connectivity index (χ2v) is 6.97. The molecule has 1 atom stereocenters. The SMILES string of the molecule is O=C(c1ccncc1)N1CCC2(CC1)C[C@@H](Nc1ncccn1)CCO2. The largest absolute Gasteiger partial charge is 0.375 e. The van der Waals surface area contributed by atoms with Crippen LogP contribution < -0.4 is 5.32 Å². The van der Waals surface area contributed by atoms with Gasteiger partial charge in [0, 0.05) is 56.1 Å². The molecule has 0 radical (unpaired) electrons. The van der Waals surface area contributed by atoms with Crippen molar-refractivity contribution in [2.75, 3.05) is 25.0 Å². The summed E-state index contributed by atoms with van der Waals surface area (Å²) in [6.07, 6.45) is 10.4. The zero-order valence-electron chi connectivity index (χ0n) is 14.7. The number of ether oxygens (including phenoxy) is 1. The molecule has 7 nitrogen and oxygen atoms in total. The second kappa shape index (κ2) is 7.37. The summed E-state index contributed by atoms with van der Waals surface area (Å²) in [7, 11) is 0. The lowest BCUT2D eigenvalue weighted by Gasteiger charge is -2.46. The van der Waals surface area contributed by atoms with Gasteiger partial charge >= 0.3 is 0 Å². The van der Waals surface area contributed by atoms with Gasteiger partial charge in [0.25, 0.3) is 5.91 Å². The van der Waals surface area contributed by atoms with Crippen molar-refractivity contribution in [2.24, 2.45) is 0 Å². The fraction of sp³-hybridized carbons (Fsp3) is 0.474. The highest BCUT2D eigenvalue weighted by atomic mass is 16.5. The molecule has 1 spiro atoms. The van der Waals surface area contributed by atoms with Crippen LogP contribution >= 0.6 is 0 Å². The van der Waals surface area contributed by atoms with Gasteiger partial charge in [-0.3, -0.25) is 9.78 Å². The molecule has 2 aliphatic rings. The van der Waals surface area contributed by atoms with Crippen LogP contribution in [0.1, 0.15) is 36.0 Å². The van der Waals surface area contributed by atoms with E-state index in [-0.39, 0.29) is 11.5 Å². The van der Waals surface area contributed by atoms with Gasteiger partial charge in [-0.05, 0) is 43.9 Å². The lowest BCUT2D eigenvalue weighted by Crippen LogP contribution is -2.52. The average molecular weight is 353 g/mol. The lowest BCUT2D eigenvalue weighted by atomic mass is 9.82. The third-order valence-electron chi connectivity index (χ3n) is 5.28. The van der Waals surface area contributed by atoms with E-state index in [1.807, 2.05) is 11.0 Å². The number of carbonyl (C=O) groups is 1. The quantitative estimate of drug-likeness (QED) is 0.911. The minimum absolute atomic E-state index is 0.0745. The minimum Gasteiger partial charge on any atom is -0.375 e. The summed E-state index contributed by atoms with van der Waals surface area (Å²) < 4.78 is 6.18. The lowest BCUT2D eigenvalue weighted by molar-refractivity contribution is -0.110. The zero-order chi connectivity index (χ0) is 17.8. The molecule has 4 heterocycles. The number of pyridine rings is 1. The Kier molecular flexibility index (Phi) is 4.79. The van der Waals surface area contributed by atoms with E-state index in [1.54, 1.807) is 36.9 Å². The molecule has 2 aromatic heterocycles. The van der Waals surface area contributed by atoms with Gasteiger partial charge in [0.05, 0.1) is 5.60 Å². The van der Waals surface area contributed by atoms with Crippen LogP contribution in [-0.4, -0.2) is 57.1 Å². The van der Waals surface area contributed by atoms with Crippen LogP contribution in [-0.2, 0) is 4.74 Å². The van der Waals surface area contributed by atoms with Gasteiger partial charge in [-0.1, -0.05) is 0 Å². The Bertz CT molecular complexity index is 732. The van der Waals surface area contributed by atoms with Crippen LogP contribution in [0, 0.1) is 0 Å². The van der Waals surface area contributed by atoms with Gasteiger partial charge < -0.3 is 15.0 Å². The van der Waals surface area contributed by atoms with Gasteiger partial charge in [0.15, 0.2) is 0 Å². The Labute approximate surface area is 152 Å². The number of anilines is 1. The number of hydrogen-bond acceptors (Lipinski definition) is 6. The second-order valence-electron chi connectivity index (χ2n) is 6.97. The third-order valence-corrected chi connectivity index (χ3v) is 5.28. The molecule has 2 fully saturated rings. The standard InChI is InChI=1S/C19H23N5O2/c25-17(15-2-9-20-10-3-15)24-11-5-19(6-12-24)14-16(4-13-26-19)23-18-21-7-1-8-22-18/h1-3,7-10,16H,4-6,11-14H2,(H,21,22,23)/t16-/m0/s1. The smallest absolute Gasteiger partial charge is 0.253 e. The molecule has 1 amide bonds. The maximum atomic E-state index is 12.6. The van der Waals surface area contributed by atoms with E-state index in [1.165, 1.54) is 0 Å². The summed E-state index contributed by atoms with van der Waals surface area (Å²) in [5, 5.41) is 3.42. The molecule has 26 heavy (non-hydrogen) atoms. The van der Waals surface area contributed by atoms with Crippen molar-refractivity contribution in [1.29, 1.82) is 0 Å². The van der Waals surface area contributed by atoms with Gasteiger partial charge in [0.2, 0.25) is 5.95 Å². The van der Waals surface area contributed by atoms with Crippen molar-refractivity contribution >= 4 is 11.9 Å². The first-order valence-electron chi connectivity index (χ1n) is 9.11. The maximum Gasteiger partial charge on any atom is 0.253 e. The molecule has 0 bridgehead atoms. The number of hydrogen-bond donors (Lipinski definition) is 1. The average Bonchev–Trinajstić information content (AvgIpc) is 2.70. The van der Waals surface area contributed by atoms with E-state index < -0.39 is 0 Å². The molecule has 4 rings (SSSR count). The summed E-state index contributed by atoms with van der Waals surface area (Å²) in [6.45, 7) is 2.16. The van der Waals surface area contributed by atoms with E-state index >= 15 is 0 Å². The molecule has 2 aromatic rings. The molecule has 0 saturated carbocycles. The first kappa shape index (κ1) is 16.9. The number of rotatable bonds is 3. The summed E-state index contributed by atoms with van der Waals surface area (Å²) >= 11 is 0. The zero-order valence-corrected chi connectivity index (χ0v) is 14.7. The maximum absolute atomic E-state index is 12.6. The Hall–Kier alpha value is -2.54. The molecule has 1 N–H and O–H groups in total. The van der Waals surface area contributed by atoms with E-state index in [0.717, 1.165) is 45.4 Å². The van der Waals surface area contributed by atoms with Crippen LogP contribution in [0.15, 0.2) is 43.0 Å². The molecular weight excluding hydrogens is 330 g/mol. The van der Waals surface area contributed by atoms with Crippen LogP contribution in [0.3, 0.4) is 0 Å². The Morgan fingerprint density at radius 1 is 1.15 bits per heavy atom. The summed E-state index contributed by atoms with van der Waals surface area (Å²) in [6, 6.07) is 5.65. The van der Waals surface area contributed by atoms with Gasteiger partial charge in [0.1, 0.15) is 0 Å². The first-order valence-corrected chi connectivity index (χ1v) is 9.11. The molecule has 0 aliphatic carbocycles. The number of nitrogens with zero attached hydrogens (tertiary/aromatic N) is 4. The van der Waals surface area contributed by atoms with Crippen molar-refractivity contribution in [3.05, 3.63) is 48.5 Å². The molecule has 2 saturated heterocycles. The van der Waals surface area contributed by atoms with Crippen molar-refractivity contribution < 1.29 is 9.53 Å². The number of aromatic nitrogens is 3. The van der Waals surface area contributed by atoms with E-state index in [0.29, 0.717) is 17.6 Å². The fourth-order valence-electron chi connectivity index (χ4n) is 3.85. The van der Waals surface area contributed by atoms with Crippen molar-refractivity contribution in [1.82, 2.24) is 19.9 Å². The van der Waals surface area contributed by atoms with Gasteiger partial charge in [-0.25, -0.2) is 9.97 Å². The molecular formula is C19H23N5O2. The number of nitrogens with one attached hydrogen (secondary N) is 1. The van der Waals surface area contributed by atoms with Crippen molar-refractivity contribution in [2.45, 2.75) is 37.3 Å². The highest BCUT2D eigenvalue weighted by Gasteiger charge is 2.41. The molecule has 0 aromatic carbocycles. The number of likely N-dealkylation sites (tertiary alicyclic amines) is 1. The van der Waals surface area contributed by atoms with Crippen molar-refractivity contribution in [3.8, 4) is 0 Å². The predicted molar refractivity (Wildman–Crippen MR) is 96.7 cm³/mol. The summed E-state index contributed by atoms with van der Waals surface area (Å²) in [5.74, 6) is 0.741. The van der Waals surface area contributed by atoms with Crippen LogP contribution in [0.5, 0.6) is 0 Å². The van der Waals surface area contributed by atoms with Gasteiger partial charge in [-0.15, -0.1) is 0 Å². The number of amides is 1. The van der Waals surface area contributed by atoms with Crippen LogP contribution in [0.4, 0.5) is 5.95 Å². The topological polar surface area (TPSA) is 80.2 Å². The molecule has 0 unspecified atom stereocenters. The van der Waals surface area contributed by atoms with Crippen LogP contribution in [0.25, 0.3) is 0 Å². The third kappa shape index (κ3) is 3.67. The molecule has 136 valence electrons. The van der Waals surface area contributed by atoms with Gasteiger partial charge in [-0.2, -0.15) is 0 Å². The Balaban J connectivity index is 1.36. The fourth-order valence-corrected chi connectivity index (χ4v) is 3.85. The number of carbonyl (C=O) groups excluding carboxylic acids is 1. The van der Waals surface area contributed by atoms with E-state index in [2.05, 4.69) is 20.3 Å². The van der Waals surface area contributed by atoms with E-state index in [4.69, 9.17) is 4.74 Å². The van der Waals surface area contributed by atoms with E-state index in [9.17, 15) is 4.79 Å². The molecule has 2 aliphatic heterocycles. The normalized spacial score (nSPS) is 22.2. The highest BCUT2D eigenvalue weighted by molar-refractivity contribution is 5.94. The minimum atomic E-state index is -0.153. The summed E-state index contributed by atoms with van der Waals surface area (Å²) in [5.41, 5.74) is 0.543.